The third kappa shape index (κ3) is 2.98. The lowest BCUT2D eigenvalue weighted by Crippen LogP contribution is -2.08. The summed E-state index contributed by atoms with van der Waals surface area (Å²) in [7, 11) is 6.17. The van der Waals surface area contributed by atoms with Gasteiger partial charge in [-0.15, -0.1) is 0 Å². The van der Waals surface area contributed by atoms with Crippen molar-refractivity contribution in [2.45, 2.75) is 20.8 Å². The molecule has 0 N–H and O–H groups in total. The third-order valence-corrected chi connectivity index (χ3v) is 3.68. The Hall–Kier alpha value is -2.29. The highest BCUT2D eigenvalue weighted by Gasteiger charge is 2.09. The van der Waals surface area contributed by atoms with Gasteiger partial charge >= 0.3 is 0 Å². The summed E-state index contributed by atoms with van der Waals surface area (Å²) < 4.78 is 2.15. The zero-order chi connectivity index (χ0) is 16.3. The predicted molar refractivity (Wildman–Crippen MR) is 96.6 cm³/mol. The largest absolute Gasteiger partial charge is 0.378 e. The Morgan fingerprint density at radius 3 is 2.18 bits per heavy atom. The van der Waals surface area contributed by atoms with E-state index in [0.29, 0.717) is 0 Å². The Balaban J connectivity index is 0.000000847. The molecule has 3 heteroatoms. The van der Waals surface area contributed by atoms with Crippen LogP contribution in [0.5, 0.6) is 0 Å². The Morgan fingerprint density at radius 2 is 1.59 bits per heavy atom. The van der Waals surface area contributed by atoms with Crippen LogP contribution in [0, 0.1) is 6.92 Å². The summed E-state index contributed by atoms with van der Waals surface area (Å²) >= 11 is 0. The highest BCUT2D eigenvalue weighted by molar-refractivity contribution is 5.81. The van der Waals surface area contributed by atoms with Crippen LogP contribution in [0.25, 0.3) is 22.4 Å². The number of rotatable bonds is 2. The van der Waals surface area contributed by atoms with Crippen LogP contribution in [0.4, 0.5) is 5.69 Å². The average Bonchev–Trinajstić information content (AvgIpc) is 2.85. The van der Waals surface area contributed by atoms with E-state index in [1.807, 2.05) is 27.9 Å². The van der Waals surface area contributed by atoms with Gasteiger partial charge in [-0.1, -0.05) is 19.9 Å². The van der Waals surface area contributed by atoms with Crippen molar-refractivity contribution in [2.24, 2.45) is 7.05 Å². The molecule has 116 valence electrons. The molecule has 0 atom stereocenters. The van der Waals surface area contributed by atoms with Crippen LogP contribution in [-0.4, -0.2) is 23.6 Å². The Morgan fingerprint density at radius 1 is 0.955 bits per heavy atom. The van der Waals surface area contributed by atoms with Crippen molar-refractivity contribution in [1.82, 2.24) is 9.55 Å². The van der Waals surface area contributed by atoms with Crippen molar-refractivity contribution in [3.05, 3.63) is 48.0 Å². The second-order valence-electron chi connectivity index (χ2n) is 5.43. The maximum Gasteiger partial charge on any atom is 0.140 e. The Kier molecular flexibility index (Phi) is 4.86. The van der Waals surface area contributed by atoms with Gasteiger partial charge in [-0.25, -0.2) is 4.98 Å². The summed E-state index contributed by atoms with van der Waals surface area (Å²) in [5, 5.41) is 0. The summed E-state index contributed by atoms with van der Waals surface area (Å²) in [6, 6.07) is 14.9. The lowest BCUT2D eigenvalue weighted by Gasteiger charge is -2.12. The van der Waals surface area contributed by atoms with Crippen LogP contribution in [0.1, 0.15) is 19.4 Å². The molecule has 0 bridgehead atoms. The molecule has 0 aliphatic heterocycles. The van der Waals surface area contributed by atoms with E-state index in [1.54, 1.807) is 0 Å². The molecule has 0 saturated heterocycles. The summed E-state index contributed by atoms with van der Waals surface area (Å²) in [4.78, 5) is 6.87. The molecule has 0 aliphatic rings. The van der Waals surface area contributed by atoms with Crippen LogP contribution in [-0.2, 0) is 7.05 Å². The van der Waals surface area contributed by atoms with Crippen molar-refractivity contribution in [2.75, 3.05) is 19.0 Å². The molecule has 0 amide bonds. The van der Waals surface area contributed by atoms with Crippen LogP contribution >= 0.6 is 0 Å². The predicted octanol–water partition coefficient (Wildman–Crippen LogP) is 4.64. The zero-order valence-electron chi connectivity index (χ0n) is 14.4. The van der Waals surface area contributed by atoms with E-state index in [1.165, 1.54) is 16.8 Å². The van der Waals surface area contributed by atoms with Gasteiger partial charge in [0.15, 0.2) is 0 Å². The molecule has 0 spiro atoms. The number of benzene rings is 2. The fourth-order valence-electron chi connectivity index (χ4n) is 2.48. The van der Waals surface area contributed by atoms with Gasteiger partial charge in [-0.05, 0) is 48.9 Å². The monoisotopic (exact) mass is 295 g/mol. The molecular formula is C19H25N3. The molecule has 1 heterocycles. The van der Waals surface area contributed by atoms with Gasteiger partial charge < -0.3 is 9.47 Å². The molecule has 0 fully saturated rings. The standard InChI is InChI=1S/C17H19N3.C2H6/c1-12-5-10-16-15(11-12)18-17(20(16)4)13-6-8-14(9-7-13)19(2)3;1-2/h5-11H,1-4H3;1-2H3. The molecular weight excluding hydrogens is 270 g/mol. The second-order valence-corrected chi connectivity index (χ2v) is 5.43. The van der Waals surface area contributed by atoms with Crippen LogP contribution in [0.2, 0.25) is 0 Å². The van der Waals surface area contributed by atoms with Gasteiger partial charge in [0.05, 0.1) is 11.0 Å². The van der Waals surface area contributed by atoms with Crippen molar-refractivity contribution in [1.29, 1.82) is 0 Å². The van der Waals surface area contributed by atoms with E-state index in [0.717, 1.165) is 16.9 Å². The maximum absolute atomic E-state index is 4.77. The van der Waals surface area contributed by atoms with E-state index in [9.17, 15) is 0 Å². The maximum atomic E-state index is 4.77. The number of anilines is 1. The first-order valence-electron chi connectivity index (χ1n) is 7.77. The number of imidazole rings is 1. The summed E-state index contributed by atoms with van der Waals surface area (Å²) in [5.74, 6) is 1.01. The average molecular weight is 295 g/mol. The van der Waals surface area contributed by atoms with Crippen LogP contribution in [0.3, 0.4) is 0 Å². The van der Waals surface area contributed by atoms with Crippen LogP contribution < -0.4 is 4.90 Å². The van der Waals surface area contributed by atoms with Gasteiger partial charge in [0.25, 0.3) is 0 Å². The van der Waals surface area contributed by atoms with Crippen molar-refractivity contribution < 1.29 is 0 Å². The first kappa shape index (κ1) is 16.1. The van der Waals surface area contributed by atoms with Crippen molar-refractivity contribution >= 4 is 16.7 Å². The van der Waals surface area contributed by atoms with Crippen molar-refractivity contribution in [3.63, 3.8) is 0 Å². The molecule has 3 rings (SSSR count). The minimum Gasteiger partial charge on any atom is -0.378 e. The molecule has 2 aromatic carbocycles. The number of hydrogen-bond acceptors (Lipinski definition) is 2. The van der Waals surface area contributed by atoms with E-state index in [2.05, 4.69) is 65.9 Å². The van der Waals surface area contributed by atoms with E-state index < -0.39 is 0 Å². The topological polar surface area (TPSA) is 21.1 Å². The Bertz CT molecular complexity index is 752. The number of aromatic nitrogens is 2. The SMILES string of the molecule is CC.Cc1ccc2c(c1)nc(-c1ccc(N(C)C)cc1)n2C. The zero-order valence-corrected chi connectivity index (χ0v) is 14.4. The first-order chi connectivity index (χ1) is 10.6. The molecule has 0 radical (unpaired) electrons. The van der Waals surface area contributed by atoms with Gasteiger partial charge in [-0.2, -0.15) is 0 Å². The molecule has 1 aromatic heterocycles. The fourth-order valence-corrected chi connectivity index (χ4v) is 2.48. The number of aryl methyl sites for hydroxylation is 2. The van der Waals surface area contributed by atoms with E-state index in [-0.39, 0.29) is 0 Å². The highest BCUT2D eigenvalue weighted by atomic mass is 15.1. The summed E-state index contributed by atoms with van der Waals surface area (Å²) in [6.07, 6.45) is 0. The summed E-state index contributed by atoms with van der Waals surface area (Å²) in [6.45, 7) is 6.10. The molecule has 22 heavy (non-hydrogen) atoms. The lowest BCUT2D eigenvalue weighted by atomic mass is 10.2. The molecule has 0 unspecified atom stereocenters. The normalized spacial score (nSPS) is 10.3. The molecule has 3 nitrogen and oxygen atoms in total. The number of nitrogens with zero attached hydrogens (tertiary/aromatic N) is 3. The van der Waals surface area contributed by atoms with Crippen LogP contribution in [0.15, 0.2) is 42.5 Å². The number of fused-ring (bicyclic) bond motifs is 1. The van der Waals surface area contributed by atoms with E-state index in [4.69, 9.17) is 4.98 Å². The quantitative estimate of drug-likeness (QED) is 0.686. The molecule has 0 aliphatic carbocycles. The van der Waals surface area contributed by atoms with Gasteiger partial charge in [0.2, 0.25) is 0 Å². The number of hydrogen-bond donors (Lipinski definition) is 0. The Labute approximate surface area is 133 Å². The van der Waals surface area contributed by atoms with E-state index >= 15 is 0 Å². The first-order valence-corrected chi connectivity index (χ1v) is 7.77. The third-order valence-electron chi connectivity index (χ3n) is 3.68. The smallest absolute Gasteiger partial charge is 0.140 e. The minimum atomic E-state index is 1.01. The van der Waals surface area contributed by atoms with Gasteiger partial charge in [0.1, 0.15) is 5.82 Å². The molecule has 0 saturated carbocycles. The minimum absolute atomic E-state index is 1.01. The van der Waals surface area contributed by atoms with Crippen molar-refractivity contribution in [3.8, 4) is 11.4 Å². The second kappa shape index (κ2) is 6.65. The lowest BCUT2D eigenvalue weighted by molar-refractivity contribution is 0.959. The van der Waals surface area contributed by atoms with Gasteiger partial charge in [-0.3, -0.25) is 0 Å². The highest BCUT2D eigenvalue weighted by Crippen LogP contribution is 2.25. The molecule has 3 aromatic rings. The van der Waals surface area contributed by atoms with Gasteiger partial charge in [0, 0.05) is 32.4 Å². The fraction of sp³-hybridized carbons (Fsp3) is 0.316. The summed E-state index contributed by atoms with van der Waals surface area (Å²) in [5.41, 5.74) is 5.81.